The average Bonchev–Trinajstić information content (AvgIpc) is 2.42. The summed E-state index contributed by atoms with van der Waals surface area (Å²) in [7, 11) is 1.22. The van der Waals surface area contributed by atoms with Gasteiger partial charge in [-0.05, 0) is 38.5 Å². The van der Waals surface area contributed by atoms with Crippen molar-refractivity contribution in [2.75, 3.05) is 13.7 Å². The Morgan fingerprint density at radius 1 is 1.36 bits per heavy atom. The molecule has 0 aliphatic heterocycles. The van der Waals surface area contributed by atoms with Crippen LogP contribution in [-0.4, -0.2) is 36.4 Å². The SMILES string of the molecule is COC(=O)c1cc(C(CN)NC(=O)OC(C)(C)C)ccc1O. The number of phenols is 1. The third kappa shape index (κ3) is 4.92. The predicted molar refractivity (Wildman–Crippen MR) is 80.6 cm³/mol. The number of nitrogens with two attached hydrogens (primary N) is 1. The first-order valence-corrected chi connectivity index (χ1v) is 6.78. The van der Waals surface area contributed by atoms with Crippen LogP contribution in [0.3, 0.4) is 0 Å². The number of phenolic OH excluding ortho intramolecular Hbond substituents is 1. The summed E-state index contributed by atoms with van der Waals surface area (Å²) in [4.78, 5) is 23.4. The molecule has 0 radical (unpaired) electrons. The summed E-state index contributed by atoms with van der Waals surface area (Å²) in [5.41, 5.74) is 5.60. The summed E-state index contributed by atoms with van der Waals surface area (Å²) in [6.45, 7) is 5.35. The van der Waals surface area contributed by atoms with E-state index >= 15 is 0 Å². The number of nitrogens with one attached hydrogen (secondary N) is 1. The van der Waals surface area contributed by atoms with Gasteiger partial charge in [0.2, 0.25) is 0 Å². The van der Waals surface area contributed by atoms with Crippen LogP contribution in [0.5, 0.6) is 5.75 Å². The summed E-state index contributed by atoms with van der Waals surface area (Å²) in [6.07, 6.45) is -0.615. The van der Waals surface area contributed by atoms with E-state index in [-0.39, 0.29) is 17.9 Å². The summed E-state index contributed by atoms with van der Waals surface area (Å²) < 4.78 is 9.76. The van der Waals surface area contributed by atoms with Crippen molar-refractivity contribution in [3.63, 3.8) is 0 Å². The summed E-state index contributed by atoms with van der Waals surface area (Å²) in [5, 5.41) is 12.3. The summed E-state index contributed by atoms with van der Waals surface area (Å²) in [6, 6.07) is 3.78. The van der Waals surface area contributed by atoms with Crippen molar-refractivity contribution in [3.05, 3.63) is 29.3 Å². The first kappa shape index (κ1) is 17.8. The number of esters is 1. The number of rotatable bonds is 4. The minimum absolute atomic E-state index is 0.00411. The number of alkyl carbamates (subject to hydrolysis) is 1. The lowest BCUT2D eigenvalue weighted by Crippen LogP contribution is -2.37. The van der Waals surface area contributed by atoms with Gasteiger partial charge in [-0.2, -0.15) is 0 Å². The number of hydrogen-bond acceptors (Lipinski definition) is 6. The minimum Gasteiger partial charge on any atom is -0.507 e. The molecule has 0 fully saturated rings. The minimum atomic E-state index is -0.674. The molecule has 0 aliphatic rings. The van der Waals surface area contributed by atoms with E-state index in [0.717, 1.165) is 0 Å². The van der Waals surface area contributed by atoms with Crippen molar-refractivity contribution in [2.24, 2.45) is 5.73 Å². The highest BCUT2D eigenvalue weighted by Gasteiger charge is 2.21. The average molecular weight is 310 g/mol. The lowest BCUT2D eigenvalue weighted by atomic mass is 10.0. The van der Waals surface area contributed by atoms with Crippen molar-refractivity contribution in [1.29, 1.82) is 0 Å². The van der Waals surface area contributed by atoms with Gasteiger partial charge in [-0.25, -0.2) is 9.59 Å². The normalized spacial score (nSPS) is 12.4. The fourth-order valence-electron chi connectivity index (χ4n) is 1.77. The van der Waals surface area contributed by atoms with Crippen molar-refractivity contribution < 1.29 is 24.2 Å². The summed E-state index contributed by atoms with van der Waals surface area (Å²) in [5.74, 6) is -0.879. The van der Waals surface area contributed by atoms with Gasteiger partial charge in [-0.1, -0.05) is 6.07 Å². The second kappa shape index (κ2) is 7.13. The molecule has 0 bridgehead atoms. The highest BCUT2D eigenvalue weighted by Crippen LogP contribution is 2.23. The molecule has 1 rings (SSSR count). The lowest BCUT2D eigenvalue weighted by Gasteiger charge is -2.23. The molecule has 0 heterocycles. The molecule has 122 valence electrons. The highest BCUT2D eigenvalue weighted by molar-refractivity contribution is 5.92. The van der Waals surface area contributed by atoms with E-state index in [1.807, 2.05) is 0 Å². The van der Waals surface area contributed by atoms with Crippen LogP contribution in [0.1, 0.15) is 42.7 Å². The molecule has 0 aliphatic carbocycles. The molecule has 0 saturated heterocycles. The quantitative estimate of drug-likeness (QED) is 0.730. The number of benzene rings is 1. The molecule has 7 heteroatoms. The third-order valence-corrected chi connectivity index (χ3v) is 2.75. The Morgan fingerprint density at radius 2 is 2.00 bits per heavy atom. The van der Waals surface area contributed by atoms with Crippen LogP contribution in [0.2, 0.25) is 0 Å². The van der Waals surface area contributed by atoms with Crippen LogP contribution >= 0.6 is 0 Å². The molecule has 1 amide bonds. The monoisotopic (exact) mass is 310 g/mol. The Labute approximate surface area is 129 Å². The molecular formula is C15H22N2O5. The van der Waals surface area contributed by atoms with Gasteiger partial charge in [-0.15, -0.1) is 0 Å². The van der Waals surface area contributed by atoms with Gasteiger partial charge in [-0.3, -0.25) is 0 Å². The zero-order valence-corrected chi connectivity index (χ0v) is 13.2. The molecule has 0 saturated carbocycles. The highest BCUT2D eigenvalue weighted by atomic mass is 16.6. The zero-order chi connectivity index (χ0) is 16.9. The number of carbonyl (C=O) groups excluding carboxylic acids is 2. The van der Waals surface area contributed by atoms with E-state index in [2.05, 4.69) is 10.1 Å². The molecule has 1 aromatic rings. The van der Waals surface area contributed by atoms with Gasteiger partial charge in [0.25, 0.3) is 0 Å². The first-order chi connectivity index (χ1) is 10.2. The molecule has 1 aromatic carbocycles. The number of ether oxygens (including phenoxy) is 2. The Balaban J connectivity index is 2.96. The molecular weight excluding hydrogens is 288 g/mol. The van der Waals surface area contributed by atoms with Gasteiger partial charge in [0.05, 0.1) is 13.2 Å². The van der Waals surface area contributed by atoms with E-state index in [1.54, 1.807) is 26.8 Å². The van der Waals surface area contributed by atoms with Crippen LogP contribution in [0.25, 0.3) is 0 Å². The lowest BCUT2D eigenvalue weighted by molar-refractivity contribution is 0.0505. The molecule has 4 N–H and O–H groups in total. The maximum absolute atomic E-state index is 11.8. The fraction of sp³-hybridized carbons (Fsp3) is 0.467. The van der Waals surface area contributed by atoms with Crippen molar-refractivity contribution in [3.8, 4) is 5.75 Å². The van der Waals surface area contributed by atoms with Gasteiger partial charge < -0.3 is 25.6 Å². The standard InChI is InChI=1S/C15H22N2O5/c1-15(2,3)22-14(20)17-11(8-16)9-5-6-12(18)10(7-9)13(19)21-4/h5-7,11,18H,8,16H2,1-4H3,(H,17,20). The zero-order valence-electron chi connectivity index (χ0n) is 13.2. The van der Waals surface area contributed by atoms with Gasteiger partial charge >= 0.3 is 12.1 Å². The van der Waals surface area contributed by atoms with E-state index < -0.39 is 23.7 Å². The van der Waals surface area contributed by atoms with E-state index in [0.29, 0.717) is 5.56 Å². The van der Waals surface area contributed by atoms with E-state index in [1.165, 1.54) is 19.2 Å². The van der Waals surface area contributed by atoms with Crippen molar-refractivity contribution >= 4 is 12.1 Å². The number of methoxy groups -OCH3 is 1. The fourth-order valence-corrected chi connectivity index (χ4v) is 1.77. The van der Waals surface area contributed by atoms with Crippen LogP contribution in [0, 0.1) is 0 Å². The van der Waals surface area contributed by atoms with Gasteiger partial charge in [0, 0.05) is 6.54 Å². The number of hydrogen-bond donors (Lipinski definition) is 3. The summed E-state index contributed by atoms with van der Waals surface area (Å²) >= 11 is 0. The second-order valence-electron chi connectivity index (χ2n) is 5.70. The number of carbonyl (C=O) groups is 2. The Kier molecular flexibility index (Phi) is 5.76. The Morgan fingerprint density at radius 3 is 2.50 bits per heavy atom. The largest absolute Gasteiger partial charge is 0.507 e. The third-order valence-electron chi connectivity index (χ3n) is 2.75. The Hall–Kier alpha value is -2.28. The molecule has 22 heavy (non-hydrogen) atoms. The first-order valence-electron chi connectivity index (χ1n) is 6.78. The number of aromatic hydroxyl groups is 1. The molecule has 1 atom stereocenters. The van der Waals surface area contributed by atoms with Crippen LogP contribution in [0.4, 0.5) is 4.79 Å². The van der Waals surface area contributed by atoms with E-state index in [4.69, 9.17) is 10.5 Å². The maximum Gasteiger partial charge on any atom is 0.408 e. The Bertz CT molecular complexity index is 551. The predicted octanol–water partition coefficient (Wildman–Crippen LogP) is 1.70. The molecule has 1 unspecified atom stereocenters. The topological polar surface area (TPSA) is 111 Å². The van der Waals surface area contributed by atoms with Crippen molar-refractivity contribution in [1.82, 2.24) is 5.32 Å². The van der Waals surface area contributed by atoms with Gasteiger partial charge in [0.1, 0.15) is 16.9 Å². The molecule has 7 nitrogen and oxygen atoms in total. The number of amides is 1. The smallest absolute Gasteiger partial charge is 0.408 e. The van der Waals surface area contributed by atoms with Crippen molar-refractivity contribution in [2.45, 2.75) is 32.4 Å². The van der Waals surface area contributed by atoms with Crippen LogP contribution in [0.15, 0.2) is 18.2 Å². The van der Waals surface area contributed by atoms with Crippen LogP contribution < -0.4 is 11.1 Å². The van der Waals surface area contributed by atoms with E-state index in [9.17, 15) is 14.7 Å². The van der Waals surface area contributed by atoms with Crippen LogP contribution in [-0.2, 0) is 9.47 Å². The molecule has 0 aromatic heterocycles. The van der Waals surface area contributed by atoms with Gasteiger partial charge in [0.15, 0.2) is 0 Å². The molecule has 0 spiro atoms. The second-order valence-corrected chi connectivity index (χ2v) is 5.70. The maximum atomic E-state index is 11.8.